The smallest absolute Gasteiger partial charge is 0.326 e. The average Bonchev–Trinajstić information content (AvgIpc) is 2.71. The number of carbonyl (C=O) groups is 8. The number of rotatable bonds is 17. The van der Waals surface area contributed by atoms with Gasteiger partial charge in [-0.05, 0) is 12.8 Å². The molecule has 5 amide bonds. The van der Waals surface area contributed by atoms with Crippen LogP contribution in [-0.4, -0.2) is 86.9 Å². The number of nitrogens with one attached hydrogen (secondary N) is 3. The van der Waals surface area contributed by atoms with Crippen LogP contribution in [0.3, 0.4) is 0 Å². The van der Waals surface area contributed by atoms with Gasteiger partial charge in [0.15, 0.2) is 0 Å². The van der Waals surface area contributed by atoms with E-state index < -0.39 is 110 Å². The number of hydrogen-bond acceptors (Lipinski definition) is 9. The molecule has 0 rings (SSSR count). The van der Waals surface area contributed by atoms with Gasteiger partial charge in [-0.25, -0.2) is 4.79 Å². The molecule has 0 fully saturated rings. The van der Waals surface area contributed by atoms with Crippen LogP contribution < -0.4 is 33.2 Å². The zero-order valence-corrected chi connectivity index (χ0v) is 18.4. The Morgan fingerprint density at radius 3 is 1.54 bits per heavy atom. The predicted molar refractivity (Wildman–Crippen MR) is 113 cm³/mol. The summed E-state index contributed by atoms with van der Waals surface area (Å²) < 4.78 is 0. The Kier molecular flexibility index (Phi) is 13.0. The molecule has 0 radical (unpaired) electrons. The summed E-state index contributed by atoms with van der Waals surface area (Å²) in [4.78, 5) is 92.5. The Morgan fingerprint density at radius 1 is 0.600 bits per heavy atom. The van der Waals surface area contributed by atoms with Crippen molar-refractivity contribution in [2.24, 2.45) is 17.2 Å². The average molecular weight is 504 g/mol. The summed E-state index contributed by atoms with van der Waals surface area (Å²) in [5, 5.41) is 33.2. The molecule has 0 aliphatic rings. The van der Waals surface area contributed by atoms with E-state index in [1.165, 1.54) is 0 Å². The molecule has 12 N–H and O–H groups in total. The van der Waals surface area contributed by atoms with Crippen LogP contribution in [0.4, 0.5) is 0 Å². The minimum atomic E-state index is -1.80. The molecule has 196 valence electrons. The van der Waals surface area contributed by atoms with Crippen molar-refractivity contribution in [1.29, 1.82) is 0 Å². The minimum Gasteiger partial charge on any atom is -0.481 e. The molecule has 0 saturated carbocycles. The number of aliphatic carboxylic acids is 3. The topological polar surface area (TPSA) is 311 Å². The van der Waals surface area contributed by atoms with Gasteiger partial charge in [0.25, 0.3) is 0 Å². The maximum atomic E-state index is 12.6. The summed E-state index contributed by atoms with van der Waals surface area (Å²) in [6.45, 7) is 0. The lowest BCUT2D eigenvalue weighted by atomic mass is 10.1. The van der Waals surface area contributed by atoms with Crippen molar-refractivity contribution in [2.45, 2.75) is 62.7 Å². The van der Waals surface area contributed by atoms with E-state index in [0.29, 0.717) is 0 Å². The molecular formula is C18H28N6O11. The highest BCUT2D eigenvalue weighted by Crippen LogP contribution is 2.05. The second-order valence-corrected chi connectivity index (χ2v) is 7.33. The lowest BCUT2D eigenvalue weighted by Gasteiger charge is -2.24. The molecule has 4 unspecified atom stereocenters. The van der Waals surface area contributed by atoms with Crippen LogP contribution in [0.5, 0.6) is 0 Å². The zero-order chi connectivity index (χ0) is 27.3. The van der Waals surface area contributed by atoms with Crippen molar-refractivity contribution >= 4 is 47.4 Å². The first-order chi connectivity index (χ1) is 16.1. The van der Waals surface area contributed by atoms with E-state index in [9.17, 15) is 43.5 Å². The number of carboxylic acid groups (broad SMARTS) is 3. The van der Waals surface area contributed by atoms with Crippen LogP contribution in [0.1, 0.15) is 38.5 Å². The quantitative estimate of drug-likeness (QED) is 0.0902. The monoisotopic (exact) mass is 504 g/mol. The van der Waals surface area contributed by atoms with E-state index in [-0.39, 0.29) is 0 Å². The Labute approximate surface area is 197 Å². The summed E-state index contributed by atoms with van der Waals surface area (Å²) in [5.41, 5.74) is 15.3. The van der Waals surface area contributed by atoms with Gasteiger partial charge in [0.1, 0.15) is 18.1 Å². The van der Waals surface area contributed by atoms with Gasteiger partial charge in [-0.1, -0.05) is 0 Å². The fourth-order valence-electron chi connectivity index (χ4n) is 2.60. The van der Waals surface area contributed by atoms with Crippen molar-refractivity contribution in [3.8, 4) is 0 Å². The molecule has 17 nitrogen and oxygen atoms in total. The molecule has 0 aliphatic carbocycles. The van der Waals surface area contributed by atoms with Crippen molar-refractivity contribution in [3.05, 3.63) is 0 Å². The van der Waals surface area contributed by atoms with Crippen molar-refractivity contribution in [3.63, 3.8) is 0 Å². The van der Waals surface area contributed by atoms with E-state index in [1.54, 1.807) is 0 Å². The predicted octanol–water partition coefficient (Wildman–Crippen LogP) is -4.67. The number of amides is 5. The fraction of sp³-hybridized carbons (Fsp3) is 0.556. The highest BCUT2D eigenvalue weighted by atomic mass is 16.4. The third-order valence-corrected chi connectivity index (χ3v) is 4.34. The van der Waals surface area contributed by atoms with Gasteiger partial charge in [-0.3, -0.25) is 33.6 Å². The van der Waals surface area contributed by atoms with Crippen LogP contribution in [0.2, 0.25) is 0 Å². The summed E-state index contributed by atoms with van der Waals surface area (Å²) in [7, 11) is 0. The zero-order valence-electron chi connectivity index (χ0n) is 18.4. The minimum absolute atomic E-state index is 0.397. The standard InChI is InChI=1S/C18H28N6O11/c19-7(5-12(21)26)15(31)24-10(6-14(29)30)17(33)22-8(2-4-13(27)28)16(32)23-9(18(34)35)1-3-11(20)25/h7-10H,1-6,19H2,(H2,20,25)(H2,21,26)(H,22,33)(H,23,32)(H,24,31)(H,27,28)(H,29,30)(H,34,35). The maximum absolute atomic E-state index is 12.6. The van der Waals surface area contributed by atoms with Gasteiger partial charge in [0.2, 0.25) is 29.5 Å². The highest BCUT2D eigenvalue weighted by molar-refractivity contribution is 5.96. The Bertz CT molecular complexity index is 862. The Hall–Kier alpha value is -4.28. The van der Waals surface area contributed by atoms with Crippen LogP contribution in [0, 0.1) is 0 Å². The molecule has 0 aromatic heterocycles. The maximum Gasteiger partial charge on any atom is 0.326 e. The Balaban J connectivity index is 5.62. The second-order valence-electron chi connectivity index (χ2n) is 7.33. The van der Waals surface area contributed by atoms with Crippen molar-refractivity contribution < 1.29 is 53.7 Å². The van der Waals surface area contributed by atoms with E-state index in [1.807, 2.05) is 10.6 Å². The Morgan fingerprint density at radius 2 is 1.09 bits per heavy atom. The summed E-state index contributed by atoms with van der Waals surface area (Å²) >= 11 is 0. The molecule has 0 bridgehead atoms. The fourth-order valence-corrected chi connectivity index (χ4v) is 2.60. The molecule has 0 aromatic carbocycles. The van der Waals surface area contributed by atoms with E-state index in [2.05, 4.69) is 5.32 Å². The summed E-state index contributed by atoms with van der Waals surface area (Å²) in [6.07, 6.45) is -3.59. The van der Waals surface area contributed by atoms with Crippen LogP contribution in [0.15, 0.2) is 0 Å². The largest absolute Gasteiger partial charge is 0.481 e. The van der Waals surface area contributed by atoms with Crippen LogP contribution >= 0.6 is 0 Å². The second kappa shape index (κ2) is 14.8. The normalized spacial score (nSPS) is 13.9. The van der Waals surface area contributed by atoms with E-state index in [4.69, 9.17) is 27.4 Å². The van der Waals surface area contributed by atoms with Crippen LogP contribution in [0.25, 0.3) is 0 Å². The molecule has 0 heterocycles. The van der Waals surface area contributed by atoms with E-state index >= 15 is 0 Å². The van der Waals surface area contributed by atoms with Crippen molar-refractivity contribution in [2.75, 3.05) is 0 Å². The lowest BCUT2D eigenvalue weighted by molar-refractivity contribution is -0.144. The number of primary amides is 2. The van der Waals surface area contributed by atoms with Gasteiger partial charge in [0.05, 0.1) is 18.9 Å². The van der Waals surface area contributed by atoms with Gasteiger partial charge < -0.3 is 48.5 Å². The number of carboxylic acids is 3. The number of nitrogens with two attached hydrogens (primary N) is 3. The first kappa shape index (κ1) is 30.7. The lowest BCUT2D eigenvalue weighted by Crippen LogP contribution is -2.57. The van der Waals surface area contributed by atoms with E-state index in [0.717, 1.165) is 0 Å². The van der Waals surface area contributed by atoms with Gasteiger partial charge in [0, 0.05) is 12.8 Å². The number of hydrogen-bond donors (Lipinski definition) is 9. The molecule has 4 atom stereocenters. The molecule has 0 aliphatic heterocycles. The molecular weight excluding hydrogens is 476 g/mol. The van der Waals surface area contributed by atoms with Crippen molar-refractivity contribution in [1.82, 2.24) is 16.0 Å². The first-order valence-electron chi connectivity index (χ1n) is 10.0. The molecule has 35 heavy (non-hydrogen) atoms. The molecule has 0 spiro atoms. The van der Waals surface area contributed by atoms with Crippen LogP contribution in [-0.2, 0) is 38.4 Å². The van der Waals surface area contributed by atoms with Gasteiger partial charge in [-0.15, -0.1) is 0 Å². The highest BCUT2D eigenvalue weighted by Gasteiger charge is 2.32. The molecule has 17 heteroatoms. The third-order valence-electron chi connectivity index (χ3n) is 4.34. The molecule has 0 saturated heterocycles. The first-order valence-corrected chi connectivity index (χ1v) is 10.0. The van der Waals surface area contributed by atoms with Gasteiger partial charge >= 0.3 is 17.9 Å². The number of carbonyl (C=O) groups excluding carboxylic acids is 5. The van der Waals surface area contributed by atoms with Gasteiger partial charge in [-0.2, -0.15) is 0 Å². The summed E-state index contributed by atoms with van der Waals surface area (Å²) in [6, 6.07) is -6.59. The molecule has 0 aromatic rings. The summed E-state index contributed by atoms with van der Waals surface area (Å²) in [5.74, 6) is -9.73. The third kappa shape index (κ3) is 13.1. The SMILES string of the molecule is NC(=O)CCC(NC(=O)C(CCC(=O)O)NC(=O)C(CC(=O)O)NC(=O)C(N)CC(N)=O)C(=O)O.